The normalized spacial score (nSPS) is 10.4. The van der Waals surface area contributed by atoms with E-state index >= 15 is 0 Å². The molecule has 0 fully saturated rings. The topological polar surface area (TPSA) is 52.6 Å². The van der Waals surface area contributed by atoms with Crippen LogP contribution in [0.4, 0.5) is 0 Å². The summed E-state index contributed by atoms with van der Waals surface area (Å²) in [6.07, 6.45) is 0. The summed E-state index contributed by atoms with van der Waals surface area (Å²) in [5.41, 5.74) is 1.73. The van der Waals surface area contributed by atoms with Crippen LogP contribution in [0.15, 0.2) is 66.7 Å². The molecule has 0 aromatic heterocycles. The largest absolute Gasteiger partial charge is 0.465 e. The molecule has 4 nitrogen and oxygen atoms in total. The Balaban J connectivity index is 1.72. The lowest BCUT2D eigenvalue weighted by Gasteiger charge is -2.08. The molecule has 0 amide bonds. The fourth-order valence-corrected chi connectivity index (χ4v) is 2.51. The molecule has 120 valence electrons. The molecule has 3 aromatic carbocycles. The van der Waals surface area contributed by atoms with E-state index in [2.05, 4.69) is 4.74 Å². The third-order valence-electron chi connectivity index (χ3n) is 3.78. The first-order chi connectivity index (χ1) is 11.7. The smallest absolute Gasteiger partial charge is 0.338 e. The van der Waals surface area contributed by atoms with Crippen molar-refractivity contribution in [3.05, 3.63) is 83.4 Å². The minimum Gasteiger partial charge on any atom is -0.465 e. The van der Waals surface area contributed by atoms with Crippen LogP contribution in [0, 0.1) is 0 Å². The highest BCUT2D eigenvalue weighted by atomic mass is 16.5. The zero-order chi connectivity index (χ0) is 16.9. The van der Waals surface area contributed by atoms with E-state index in [9.17, 15) is 9.59 Å². The molecular formula is C20H16O4. The van der Waals surface area contributed by atoms with E-state index in [1.165, 1.54) is 7.11 Å². The average Bonchev–Trinajstić information content (AvgIpc) is 2.65. The summed E-state index contributed by atoms with van der Waals surface area (Å²) >= 11 is 0. The minimum atomic E-state index is -0.439. The Labute approximate surface area is 139 Å². The maximum Gasteiger partial charge on any atom is 0.338 e. The van der Waals surface area contributed by atoms with Gasteiger partial charge < -0.3 is 9.47 Å². The first-order valence-corrected chi connectivity index (χ1v) is 7.51. The zero-order valence-electron chi connectivity index (χ0n) is 13.2. The molecule has 0 spiro atoms. The monoisotopic (exact) mass is 320 g/mol. The van der Waals surface area contributed by atoms with Gasteiger partial charge in [-0.15, -0.1) is 0 Å². The SMILES string of the molecule is COC(=O)c1ccc(C(=O)OCc2cccc3ccccc23)cc1. The number of hydrogen-bond acceptors (Lipinski definition) is 4. The van der Waals surface area contributed by atoms with Gasteiger partial charge in [0.25, 0.3) is 0 Å². The van der Waals surface area contributed by atoms with Crippen LogP contribution < -0.4 is 0 Å². The quantitative estimate of drug-likeness (QED) is 0.682. The van der Waals surface area contributed by atoms with Gasteiger partial charge in [0.05, 0.1) is 18.2 Å². The second kappa shape index (κ2) is 6.96. The molecular weight excluding hydrogens is 304 g/mol. The van der Waals surface area contributed by atoms with Gasteiger partial charge >= 0.3 is 11.9 Å². The minimum absolute atomic E-state index is 0.193. The number of methoxy groups -OCH3 is 1. The molecule has 0 saturated carbocycles. The standard InChI is InChI=1S/C20H16O4/c1-23-19(21)15-9-11-16(12-10-15)20(22)24-13-17-7-4-6-14-5-2-3-8-18(14)17/h2-12H,13H2,1H3. The Hall–Kier alpha value is -3.14. The summed E-state index contributed by atoms with van der Waals surface area (Å²) in [4.78, 5) is 23.6. The van der Waals surface area contributed by atoms with Crippen LogP contribution in [0.2, 0.25) is 0 Å². The van der Waals surface area contributed by atoms with E-state index in [0.717, 1.165) is 16.3 Å². The zero-order valence-corrected chi connectivity index (χ0v) is 13.2. The van der Waals surface area contributed by atoms with Crippen LogP contribution in [0.3, 0.4) is 0 Å². The summed E-state index contributed by atoms with van der Waals surface area (Å²) in [6, 6.07) is 20.0. The molecule has 3 aromatic rings. The molecule has 0 N–H and O–H groups in total. The molecule has 0 atom stereocenters. The number of esters is 2. The molecule has 3 rings (SSSR count). The number of carbonyl (C=O) groups is 2. The summed E-state index contributed by atoms with van der Waals surface area (Å²) in [5.74, 6) is -0.870. The second-order valence-electron chi connectivity index (χ2n) is 5.28. The predicted molar refractivity (Wildman–Crippen MR) is 90.8 cm³/mol. The summed E-state index contributed by atoms with van der Waals surface area (Å²) < 4.78 is 10.0. The Kier molecular flexibility index (Phi) is 4.57. The lowest BCUT2D eigenvalue weighted by Crippen LogP contribution is -2.07. The molecule has 0 heterocycles. The van der Waals surface area contributed by atoms with E-state index in [-0.39, 0.29) is 6.61 Å². The molecule has 0 aliphatic carbocycles. The molecule has 0 bridgehead atoms. The number of benzene rings is 3. The van der Waals surface area contributed by atoms with Crippen molar-refractivity contribution in [2.75, 3.05) is 7.11 Å². The highest BCUT2D eigenvalue weighted by Gasteiger charge is 2.11. The van der Waals surface area contributed by atoms with Gasteiger partial charge in [0.2, 0.25) is 0 Å². The Morgan fingerprint density at radius 2 is 1.42 bits per heavy atom. The number of fused-ring (bicyclic) bond motifs is 1. The number of carbonyl (C=O) groups excluding carboxylic acids is 2. The maximum atomic E-state index is 12.2. The molecule has 24 heavy (non-hydrogen) atoms. The van der Waals surface area contributed by atoms with Gasteiger partial charge in [-0.2, -0.15) is 0 Å². The summed E-state index contributed by atoms with van der Waals surface area (Å²) in [5, 5.41) is 2.17. The summed E-state index contributed by atoms with van der Waals surface area (Å²) in [7, 11) is 1.31. The van der Waals surface area contributed by atoms with Gasteiger partial charge in [-0.05, 0) is 40.6 Å². The first-order valence-electron chi connectivity index (χ1n) is 7.51. The van der Waals surface area contributed by atoms with E-state index in [4.69, 9.17) is 4.74 Å². The second-order valence-corrected chi connectivity index (χ2v) is 5.28. The highest BCUT2D eigenvalue weighted by Crippen LogP contribution is 2.19. The van der Waals surface area contributed by atoms with Crippen molar-refractivity contribution in [1.82, 2.24) is 0 Å². The van der Waals surface area contributed by atoms with Gasteiger partial charge in [-0.25, -0.2) is 9.59 Å². The fourth-order valence-electron chi connectivity index (χ4n) is 2.51. The van der Waals surface area contributed by atoms with Crippen LogP contribution in [0.1, 0.15) is 26.3 Å². The Morgan fingerprint density at radius 3 is 2.12 bits per heavy atom. The predicted octanol–water partition coefficient (Wildman–Crippen LogP) is 3.98. The Bertz CT molecular complexity index is 876. The highest BCUT2D eigenvalue weighted by molar-refractivity contribution is 5.93. The van der Waals surface area contributed by atoms with Crippen molar-refractivity contribution >= 4 is 22.7 Å². The third kappa shape index (κ3) is 3.27. The van der Waals surface area contributed by atoms with Crippen molar-refractivity contribution in [3.8, 4) is 0 Å². The van der Waals surface area contributed by atoms with Crippen LogP contribution in [0.5, 0.6) is 0 Å². The lowest BCUT2D eigenvalue weighted by molar-refractivity contribution is 0.0473. The van der Waals surface area contributed by atoms with E-state index in [0.29, 0.717) is 11.1 Å². The molecule has 0 saturated heterocycles. The summed E-state index contributed by atoms with van der Waals surface area (Å²) in [6.45, 7) is 0.193. The Morgan fingerprint density at radius 1 is 0.792 bits per heavy atom. The van der Waals surface area contributed by atoms with E-state index in [1.54, 1.807) is 24.3 Å². The molecule has 0 aliphatic rings. The van der Waals surface area contributed by atoms with Crippen LogP contribution in [-0.4, -0.2) is 19.0 Å². The number of ether oxygens (including phenoxy) is 2. The first kappa shape index (κ1) is 15.7. The van der Waals surface area contributed by atoms with Crippen molar-refractivity contribution in [1.29, 1.82) is 0 Å². The molecule has 0 unspecified atom stereocenters. The third-order valence-corrected chi connectivity index (χ3v) is 3.78. The molecule has 0 aliphatic heterocycles. The van der Waals surface area contributed by atoms with Gasteiger partial charge in [-0.1, -0.05) is 42.5 Å². The van der Waals surface area contributed by atoms with Gasteiger partial charge in [-0.3, -0.25) is 0 Å². The average molecular weight is 320 g/mol. The van der Waals surface area contributed by atoms with Crippen molar-refractivity contribution in [2.24, 2.45) is 0 Å². The van der Waals surface area contributed by atoms with E-state index < -0.39 is 11.9 Å². The van der Waals surface area contributed by atoms with Crippen molar-refractivity contribution in [3.63, 3.8) is 0 Å². The fraction of sp³-hybridized carbons (Fsp3) is 0.100. The van der Waals surface area contributed by atoms with Crippen LogP contribution >= 0.6 is 0 Å². The van der Waals surface area contributed by atoms with Crippen molar-refractivity contribution in [2.45, 2.75) is 6.61 Å². The maximum absolute atomic E-state index is 12.2. The molecule has 4 heteroatoms. The van der Waals surface area contributed by atoms with Gasteiger partial charge in [0.15, 0.2) is 0 Å². The number of hydrogen-bond donors (Lipinski definition) is 0. The van der Waals surface area contributed by atoms with Crippen LogP contribution in [-0.2, 0) is 16.1 Å². The van der Waals surface area contributed by atoms with E-state index in [1.807, 2.05) is 42.5 Å². The molecule has 0 radical (unpaired) electrons. The van der Waals surface area contributed by atoms with Gasteiger partial charge in [0, 0.05) is 0 Å². The van der Waals surface area contributed by atoms with Crippen LogP contribution in [0.25, 0.3) is 10.8 Å². The van der Waals surface area contributed by atoms with Crippen molar-refractivity contribution < 1.29 is 19.1 Å². The lowest BCUT2D eigenvalue weighted by atomic mass is 10.1. The number of rotatable bonds is 4. The van der Waals surface area contributed by atoms with Gasteiger partial charge in [0.1, 0.15) is 6.61 Å².